The van der Waals surface area contributed by atoms with Crippen molar-refractivity contribution in [3.8, 4) is 5.75 Å². The van der Waals surface area contributed by atoms with Crippen molar-refractivity contribution >= 4 is 33.4 Å². The Kier molecular flexibility index (Phi) is 6.02. The molecule has 0 bridgehead atoms. The molecule has 1 aliphatic rings. The van der Waals surface area contributed by atoms with E-state index in [1.807, 2.05) is 30.3 Å². The molecule has 3 aromatic carbocycles. The smallest absolute Gasteiger partial charge is 0.238 e. The molecule has 2 unspecified atom stereocenters. The van der Waals surface area contributed by atoms with Gasteiger partial charge in [-0.05, 0) is 47.0 Å². The number of thioether (sulfide) groups is 1. The van der Waals surface area contributed by atoms with Gasteiger partial charge in [0.15, 0.2) is 11.6 Å². The van der Waals surface area contributed by atoms with Crippen molar-refractivity contribution in [3.63, 3.8) is 0 Å². The normalized spacial score (nSPS) is 21.2. The fraction of sp³-hybridized carbons (Fsp3) is 0.182. The highest BCUT2D eigenvalue weighted by atomic mass is 35.5. The second-order valence-corrected chi connectivity index (χ2v) is 10.5. The van der Waals surface area contributed by atoms with Crippen molar-refractivity contribution in [3.05, 3.63) is 94.3 Å². The Bertz CT molecular complexity index is 1220. The van der Waals surface area contributed by atoms with Crippen LogP contribution in [0.2, 0.25) is 5.02 Å². The van der Waals surface area contributed by atoms with Crippen LogP contribution in [-0.2, 0) is 14.8 Å². The van der Waals surface area contributed by atoms with Crippen LogP contribution in [0, 0.1) is 5.82 Å². The van der Waals surface area contributed by atoms with Crippen molar-refractivity contribution in [1.82, 2.24) is 5.32 Å². The van der Waals surface area contributed by atoms with Gasteiger partial charge in [-0.3, -0.25) is 5.32 Å². The molecule has 1 saturated heterocycles. The molecule has 0 spiro atoms. The highest BCUT2D eigenvalue weighted by Crippen LogP contribution is 2.54. The number of methoxy groups -OCH3 is 1. The summed E-state index contributed by atoms with van der Waals surface area (Å²) in [6.07, 6.45) is 0. The summed E-state index contributed by atoms with van der Waals surface area (Å²) in [4.78, 5) is 0.0194. The van der Waals surface area contributed by atoms with Crippen LogP contribution in [0.25, 0.3) is 0 Å². The summed E-state index contributed by atoms with van der Waals surface area (Å²) < 4.78 is 42.4. The van der Waals surface area contributed by atoms with E-state index in [1.54, 1.807) is 30.0 Å². The predicted molar refractivity (Wildman–Crippen MR) is 121 cm³/mol. The van der Waals surface area contributed by atoms with Gasteiger partial charge in [-0.15, -0.1) is 11.8 Å². The number of rotatable bonds is 5. The van der Waals surface area contributed by atoms with E-state index in [1.165, 1.54) is 25.3 Å². The summed E-state index contributed by atoms with van der Waals surface area (Å²) in [5.74, 6) is -0.315. The Balaban J connectivity index is 1.82. The summed E-state index contributed by atoms with van der Waals surface area (Å²) in [7, 11) is -2.40. The molecule has 31 heavy (non-hydrogen) atoms. The van der Waals surface area contributed by atoms with Gasteiger partial charge in [-0.25, -0.2) is 17.9 Å². The molecular weight excluding hydrogens is 459 g/mol. The van der Waals surface area contributed by atoms with Gasteiger partial charge in [0.2, 0.25) is 10.0 Å². The standard InChI is InChI=1S/C22H20ClFN2O3S2/c1-29-20-11-8-15(12-19(20)24)22(14-6-9-16(10-7-14)31(25,27)28)13-26-21(30-22)17-4-2-3-5-18(17)23/h2-12,21,26H,13H2,1H3,(H2,25,27,28). The lowest BCUT2D eigenvalue weighted by molar-refractivity contribution is 0.386. The molecule has 0 saturated carbocycles. The van der Waals surface area contributed by atoms with E-state index in [4.69, 9.17) is 21.5 Å². The van der Waals surface area contributed by atoms with Gasteiger partial charge in [-0.2, -0.15) is 0 Å². The Hall–Kier alpha value is -2.10. The minimum Gasteiger partial charge on any atom is -0.494 e. The minimum atomic E-state index is -3.82. The van der Waals surface area contributed by atoms with Gasteiger partial charge in [0, 0.05) is 11.6 Å². The lowest BCUT2D eigenvalue weighted by Crippen LogP contribution is -2.28. The zero-order valence-corrected chi connectivity index (χ0v) is 18.9. The first-order valence-electron chi connectivity index (χ1n) is 9.37. The van der Waals surface area contributed by atoms with E-state index in [9.17, 15) is 12.8 Å². The number of halogens is 2. The monoisotopic (exact) mass is 478 g/mol. The molecule has 5 nitrogen and oxygen atoms in total. The molecule has 1 fully saturated rings. The van der Waals surface area contributed by atoms with Crippen LogP contribution in [0.4, 0.5) is 4.39 Å². The van der Waals surface area contributed by atoms with E-state index in [-0.39, 0.29) is 16.0 Å². The molecule has 0 radical (unpaired) electrons. The largest absolute Gasteiger partial charge is 0.494 e. The summed E-state index contributed by atoms with van der Waals surface area (Å²) >= 11 is 8.00. The van der Waals surface area contributed by atoms with Crippen molar-refractivity contribution in [2.45, 2.75) is 15.0 Å². The maximum absolute atomic E-state index is 14.6. The number of benzene rings is 3. The fourth-order valence-corrected chi connectivity index (χ4v) is 6.15. The lowest BCUT2D eigenvalue weighted by atomic mass is 9.90. The van der Waals surface area contributed by atoms with E-state index in [2.05, 4.69) is 5.32 Å². The van der Waals surface area contributed by atoms with Gasteiger partial charge in [0.1, 0.15) is 0 Å². The lowest BCUT2D eigenvalue weighted by Gasteiger charge is -2.30. The molecule has 3 N–H and O–H groups in total. The van der Waals surface area contributed by atoms with Crippen LogP contribution < -0.4 is 15.2 Å². The average Bonchev–Trinajstić information content (AvgIpc) is 3.20. The number of hydrogen-bond donors (Lipinski definition) is 2. The maximum Gasteiger partial charge on any atom is 0.238 e. The van der Waals surface area contributed by atoms with E-state index in [0.29, 0.717) is 11.6 Å². The van der Waals surface area contributed by atoms with Crippen LogP contribution in [0.1, 0.15) is 22.1 Å². The second-order valence-electron chi connectivity index (χ2n) is 7.15. The van der Waals surface area contributed by atoms with Gasteiger partial charge < -0.3 is 4.74 Å². The van der Waals surface area contributed by atoms with Gasteiger partial charge in [0.05, 0.1) is 22.1 Å². The topological polar surface area (TPSA) is 81.4 Å². The highest BCUT2D eigenvalue weighted by molar-refractivity contribution is 8.00. The summed E-state index contributed by atoms with van der Waals surface area (Å²) in [6.45, 7) is 0.480. The Morgan fingerprint density at radius 3 is 2.42 bits per heavy atom. The first-order valence-corrected chi connectivity index (χ1v) is 12.2. The second kappa shape index (κ2) is 8.44. The first-order chi connectivity index (χ1) is 14.7. The van der Waals surface area contributed by atoms with Gasteiger partial charge in [-0.1, -0.05) is 48.0 Å². The molecule has 2 atom stereocenters. The molecule has 3 aromatic rings. The third kappa shape index (κ3) is 4.18. The molecule has 1 heterocycles. The van der Waals surface area contributed by atoms with E-state index in [0.717, 1.165) is 16.7 Å². The minimum absolute atomic E-state index is 0.0194. The van der Waals surface area contributed by atoms with E-state index < -0.39 is 20.6 Å². The van der Waals surface area contributed by atoms with Crippen molar-refractivity contribution in [2.75, 3.05) is 13.7 Å². The van der Waals surface area contributed by atoms with E-state index >= 15 is 0 Å². The first kappa shape index (κ1) is 22.1. The maximum atomic E-state index is 14.6. The van der Waals surface area contributed by atoms with Crippen molar-refractivity contribution in [2.24, 2.45) is 5.14 Å². The number of primary sulfonamides is 1. The molecule has 162 valence electrons. The number of hydrogen-bond acceptors (Lipinski definition) is 5. The third-order valence-corrected chi connectivity index (χ3v) is 8.26. The highest BCUT2D eigenvalue weighted by Gasteiger charge is 2.44. The van der Waals surface area contributed by atoms with Gasteiger partial charge >= 0.3 is 0 Å². The summed E-state index contributed by atoms with van der Waals surface area (Å²) in [5, 5.41) is 9.22. The van der Waals surface area contributed by atoms with Crippen molar-refractivity contribution < 1.29 is 17.5 Å². The predicted octanol–water partition coefficient (Wildman–Crippen LogP) is 4.41. The van der Waals surface area contributed by atoms with Crippen LogP contribution in [0.3, 0.4) is 0 Å². The molecule has 0 amide bonds. The molecule has 0 aromatic heterocycles. The van der Waals surface area contributed by atoms with Crippen molar-refractivity contribution in [1.29, 1.82) is 0 Å². The molecule has 1 aliphatic heterocycles. The molecule has 9 heteroatoms. The van der Waals surface area contributed by atoms with Crippen LogP contribution >= 0.6 is 23.4 Å². The molecule has 0 aliphatic carbocycles. The average molecular weight is 479 g/mol. The number of nitrogens with two attached hydrogens (primary N) is 1. The number of nitrogens with one attached hydrogen (secondary N) is 1. The quantitative estimate of drug-likeness (QED) is 0.567. The van der Waals surface area contributed by atoms with Gasteiger partial charge in [0.25, 0.3) is 0 Å². The Morgan fingerprint density at radius 1 is 1.13 bits per heavy atom. The van der Waals surface area contributed by atoms with Crippen LogP contribution in [0.15, 0.2) is 71.6 Å². The number of sulfonamides is 1. The third-order valence-electron chi connectivity index (χ3n) is 5.31. The summed E-state index contributed by atoms with van der Waals surface area (Å²) in [5.41, 5.74) is 2.46. The zero-order valence-electron chi connectivity index (χ0n) is 16.5. The Morgan fingerprint density at radius 2 is 1.81 bits per heavy atom. The Labute approximate surface area is 189 Å². The molecular formula is C22H20ClFN2O3S2. The van der Waals surface area contributed by atoms with Crippen LogP contribution in [0.5, 0.6) is 5.75 Å². The molecule has 4 rings (SSSR count). The zero-order chi connectivity index (χ0) is 22.2. The van der Waals surface area contributed by atoms with Crippen LogP contribution in [-0.4, -0.2) is 22.1 Å². The fourth-order valence-electron chi connectivity index (χ4n) is 3.72. The summed E-state index contributed by atoms with van der Waals surface area (Å²) in [6, 6.07) is 18.8. The SMILES string of the molecule is COc1ccc(C2(c3ccc(S(N)(=O)=O)cc3)CNC(c3ccccc3Cl)S2)cc1F. The number of ether oxygens (including phenoxy) is 1.